The molecule has 3 rings (SSSR count). The van der Waals surface area contributed by atoms with Gasteiger partial charge in [-0.1, -0.05) is 49.4 Å². The topological polar surface area (TPSA) is 35.1 Å². The van der Waals surface area contributed by atoms with Crippen LogP contribution in [-0.2, 0) is 16.8 Å². The minimum atomic E-state index is -1.26. The zero-order chi connectivity index (χ0) is 18.2. The fraction of sp³-hybridized carbons (Fsp3) is 0.429. The van der Waals surface area contributed by atoms with Crippen LogP contribution in [-0.4, -0.2) is 9.30 Å². The highest BCUT2D eigenvalue weighted by Gasteiger charge is 2.41. The summed E-state index contributed by atoms with van der Waals surface area (Å²) >= 11 is -1.26. The summed E-state index contributed by atoms with van der Waals surface area (Å²) in [5.41, 5.74) is 2.56. The number of benzene rings is 2. The Hall–Kier alpha value is -1.36. The van der Waals surface area contributed by atoms with Crippen molar-refractivity contribution in [2.24, 2.45) is 0 Å². The molecule has 0 heterocycles. The molecule has 0 amide bonds. The van der Waals surface area contributed by atoms with Gasteiger partial charge in [-0.05, 0) is 61.8 Å². The Kier molecular flexibility index (Phi) is 4.97. The second kappa shape index (κ2) is 6.75. The first-order valence-corrected chi connectivity index (χ1v) is 9.89. The van der Waals surface area contributed by atoms with Crippen LogP contribution in [0.25, 0.3) is 0 Å². The van der Waals surface area contributed by atoms with Crippen LogP contribution in [0.15, 0.2) is 48.5 Å². The fourth-order valence-electron chi connectivity index (χ4n) is 2.92. The number of rotatable bonds is 5. The standard InChI is InChI=1S/C21H26FNOS/c1-20(2,3)25(24)23-19(15-8-6-5-7-9-15)16-10-11-17(18(22)14-16)21(4)12-13-21/h5-11,14,19,23H,12-13H2,1-4H3/t19-,25+/m0/s1. The molecular formula is C21H26FNOS. The third-order valence-corrected chi connectivity index (χ3v) is 6.45. The molecular weight excluding hydrogens is 333 g/mol. The van der Waals surface area contributed by atoms with Crippen molar-refractivity contribution in [2.75, 3.05) is 0 Å². The summed E-state index contributed by atoms with van der Waals surface area (Å²) in [6.45, 7) is 7.88. The molecule has 1 aliphatic carbocycles. The van der Waals surface area contributed by atoms with Crippen molar-refractivity contribution in [2.45, 2.75) is 56.7 Å². The molecule has 1 saturated carbocycles. The molecule has 2 nitrogen and oxygen atoms in total. The predicted molar refractivity (Wildman–Crippen MR) is 102 cm³/mol. The minimum Gasteiger partial charge on any atom is -0.598 e. The maximum Gasteiger partial charge on any atom is 0.136 e. The van der Waals surface area contributed by atoms with Crippen LogP contribution < -0.4 is 4.72 Å². The van der Waals surface area contributed by atoms with Crippen LogP contribution in [0.1, 0.15) is 63.3 Å². The van der Waals surface area contributed by atoms with E-state index < -0.39 is 16.1 Å². The van der Waals surface area contributed by atoms with E-state index in [0.717, 1.165) is 29.5 Å². The van der Waals surface area contributed by atoms with Crippen molar-refractivity contribution in [3.05, 3.63) is 71.0 Å². The lowest BCUT2D eigenvalue weighted by atomic mass is 9.93. The van der Waals surface area contributed by atoms with Gasteiger partial charge in [-0.25, -0.2) is 4.39 Å². The molecule has 0 aromatic heterocycles. The van der Waals surface area contributed by atoms with E-state index >= 15 is 0 Å². The summed E-state index contributed by atoms with van der Waals surface area (Å²) in [6, 6.07) is 14.9. The van der Waals surface area contributed by atoms with E-state index in [4.69, 9.17) is 0 Å². The van der Waals surface area contributed by atoms with Crippen LogP contribution in [0.4, 0.5) is 4.39 Å². The molecule has 0 aliphatic heterocycles. The molecule has 134 valence electrons. The quantitative estimate of drug-likeness (QED) is 0.761. The van der Waals surface area contributed by atoms with Gasteiger partial charge in [0.1, 0.15) is 16.6 Å². The predicted octanol–water partition coefficient (Wildman–Crippen LogP) is 5.02. The van der Waals surface area contributed by atoms with Crippen molar-refractivity contribution in [3.63, 3.8) is 0 Å². The van der Waals surface area contributed by atoms with Gasteiger partial charge >= 0.3 is 0 Å². The highest BCUT2D eigenvalue weighted by molar-refractivity contribution is 7.90. The van der Waals surface area contributed by atoms with Gasteiger partial charge in [-0.3, -0.25) is 0 Å². The van der Waals surface area contributed by atoms with Crippen molar-refractivity contribution in [3.8, 4) is 0 Å². The van der Waals surface area contributed by atoms with Gasteiger partial charge in [0, 0.05) is 11.4 Å². The van der Waals surface area contributed by atoms with Crippen LogP contribution in [0.5, 0.6) is 0 Å². The molecule has 0 spiro atoms. The third kappa shape index (κ3) is 4.08. The minimum absolute atomic E-state index is 0.00743. The second-order valence-corrected chi connectivity index (χ2v) is 10.1. The third-order valence-electron chi connectivity index (χ3n) is 4.89. The summed E-state index contributed by atoms with van der Waals surface area (Å²) in [5, 5.41) is 0. The molecule has 0 saturated heterocycles. The zero-order valence-electron chi connectivity index (χ0n) is 15.3. The monoisotopic (exact) mass is 359 g/mol. The smallest absolute Gasteiger partial charge is 0.136 e. The summed E-state index contributed by atoms with van der Waals surface area (Å²) in [4.78, 5) is 0. The van der Waals surface area contributed by atoms with E-state index in [9.17, 15) is 8.94 Å². The lowest BCUT2D eigenvalue weighted by Crippen LogP contribution is -2.41. The van der Waals surface area contributed by atoms with Gasteiger partial charge in [0.25, 0.3) is 0 Å². The summed E-state index contributed by atoms with van der Waals surface area (Å²) < 4.78 is 30.2. The van der Waals surface area contributed by atoms with Crippen LogP contribution in [0, 0.1) is 5.82 Å². The highest BCUT2D eigenvalue weighted by Crippen LogP contribution is 2.48. The zero-order valence-corrected chi connectivity index (χ0v) is 16.1. The fourth-order valence-corrected chi connectivity index (χ4v) is 3.75. The van der Waals surface area contributed by atoms with Crippen molar-refractivity contribution < 1.29 is 8.94 Å². The maximum atomic E-state index is 14.7. The summed E-state index contributed by atoms with van der Waals surface area (Å²) in [6.07, 6.45) is 2.08. The Morgan fingerprint density at radius 2 is 1.72 bits per heavy atom. The molecule has 0 radical (unpaired) electrons. The first-order valence-electron chi connectivity index (χ1n) is 8.74. The summed E-state index contributed by atoms with van der Waals surface area (Å²) in [7, 11) is 0. The highest BCUT2D eigenvalue weighted by atomic mass is 32.2. The SMILES string of the molecule is CC1(c2ccc([C@@H](N[S@+]([O-])C(C)(C)C)c3ccccc3)cc2F)CC1. The number of nitrogens with one attached hydrogen (secondary N) is 1. The molecule has 0 bridgehead atoms. The molecule has 2 aromatic carbocycles. The van der Waals surface area contributed by atoms with E-state index in [1.165, 1.54) is 0 Å². The number of hydrogen-bond acceptors (Lipinski definition) is 2. The van der Waals surface area contributed by atoms with Gasteiger partial charge in [0.15, 0.2) is 0 Å². The van der Waals surface area contributed by atoms with E-state index in [1.807, 2.05) is 63.2 Å². The van der Waals surface area contributed by atoms with Gasteiger partial charge in [0.2, 0.25) is 0 Å². The lowest BCUT2D eigenvalue weighted by molar-refractivity contribution is 0.534. The normalized spacial score (nSPS) is 18.6. The largest absolute Gasteiger partial charge is 0.598 e. The first kappa shape index (κ1) is 18.4. The molecule has 25 heavy (non-hydrogen) atoms. The van der Waals surface area contributed by atoms with Gasteiger partial charge in [-0.2, -0.15) is 0 Å². The maximum absolute atomic E-state index is 14.7. The van der Waals surface area contributed by atoms with Crippen LogP contribution in [0.3, 0.4) is 0 Å². The van der Waals surface area contributed by atoms with Gasteiger partial charge < -0.3 is 4.55 Å². The number of halogens is 1. The molecule has 4 heteroatoms. The molecule has 2 atom stereocenters. The molecule has 0 unspecified atom stereocenters. The second-order valence-electron chi connectivity index (χ2n) is 8.14. The lowest BCUT2D eigenvalue weighted by Gasteiger charge is -2.28. The van der Waals surface area contributed by atoms with Gasteiger partial charge in [0.05, 0.1) is 0 Å². The van der Waals surface area contributed by atoms with E-state index in [2.05, 4.69) is 11.6 Å². The molecule has 1 fully saturated rings. The van der Waals surface area contributed by atoms with Crippen LogP contribution in [0.2, 0.25) is 0 Å². The summed E-state index contributed by atoms with van der Waals surface area (Å²) in [5.74, 6) is -0.165. The van der Waals surface area contributed by atoms with Gasteiger partial charge in [-0.15, -0.1) is 4.72 Å². The van der Waals surface area contributed by atoms with Crippen molar-refractivity contribution >= 4 is 11.4 Å². The Balaban J connectivity index is 1.95. The average molecular weight is 360 g/mol. The van der Waals surface area contributed by atoms with Crippen molar-refractivity contribution in [1.82, 2.24) is 4.72 Å². The molecule has 2 aromatic rings. The van der Waals surface area contributed by atoms with Crippen LogP contribution >= 0.6 is 0 Å². The van der Waals surface area contributed by atoms with E-state index in [1.54, 1.807) is 6.07 Å². The molecule has 1 N–H and O–H groups in total. The first-order chi connectivity index (χ1) is 11.7. The Morgan fingerprint density at radius 3 is 2.24 bits per heavy atom. The number of hydrogen-bond donors (Lipinski definition) is 1. The van der Waals surface area contributed by atoms with Crippen molar-refractivity contribution in [1.29, 1.82) is 0 Å². The van der Waals surface area contributed by atoms with E-state index in [0.29, 0.717) is 0 Å². The Labute approximate surface area is 153 Å². The Morgan fingerprint density at radius 1 is 1.08 bits per heavy atom. The average Bonchev–Trinajstić information content (AvgIpc) is 3.30. The Bertz CT molecular complexity index is 737. The molecule has 1 aliphatic rings. The van der Waals surface area contributed by atoms with E-state index in [-0.39, 0.29) is 17.3 Å².